The van der Waals surface area contributed by atoms with Gasteiger partial charge in [-0.3, -0.25) is 4.79 Å². The summed E-state index contributed by atoms with van der Waals surface area (Å²) in [6, 6.07) is 5.96. The summed E-state index contributed by atoms with van der Waals surface area (Å²) in [5.41, 5.74) is 2.78. The fourth-order valence-electron chi connectivity index (χ4n) is 2.95. The molecule has 3 aromatic heterocycles. The highest BCUT2D eigenvalue weighted by Crippen LogP contribution is 2.25. The number of hydrogen-bond donors (Lipinski definition) is 1. The van der Waals surface area contributed by atoms with Crippen molar-refractivity contribution in [2.75, 3.05) is 6.54 Å². The minimum absolute atomic E-state index is 0.0370. The SMILES string of the molecule is Cc1cc(C)c2c(-n3cccc3)nn(CC(=O)NCCC(C)C)c2n1. The standard InChI is InChI=1S/C19H25N5O/c1-13(2)7-8-20-16(25)12-24-18-17(14(3)11-15(4)21-18)19(22-24)23-9-5-6-10-23/h5-6,9-11,13H,7-8,12H2,1-4H3,(H,20,25). The fourth-order valence-corrected chi connectivity index (χ4v) is 2.95. The van der Waals surface area contributed by atoms with Gasteiger partial charge in [-0.25, -0.2) is 9.67 Å². The number of carbonyl (C=O) groups excluding carboxylic acids is 1. The van der Waals surface area contributed by atoms with Crippen molar-refractivity contribution in [3.05, 3.63) is 41.9 Å². The molecule has 0 bridgehead atoms. The van der Waals surface area contributed by atoms with Crippen molar-refractivity contribution >= 4 is 16.9 Å². The third-order valence-corrected chi connectivity index (χ3v) is 4.20. The second-order valence-electron chi connectivity index (χ2n) is 6.88. The molecule has 25 heavy (non-hydrogen) atoms. The summed E-state index contributed by atoms with van der Waals surface area (Å²) in [6.45, 7) is 9.16. The number of nitrogens with one attached hydrogen (secondary N) is 1. The van der Waals surface area contributed by atoms with Crippen LogP contribution < -0.4 is 5.32 Å². The zero-order valence-electron chi connectivity index (χ0n) is 15.3. The molecule has 0 aliphatic rings. The average Bonchev–Trinajstić information content (AvgIpc) is 3.15. The normalized spacial score (nSPS) is 11.4. The Hall–Kier alpha value is -2.63. The van der Waals surface area contributed by atoms with Gasteiger partial charge in [-0.15, -0.1) is 0 Å². The molecule has 3 aromatic rings. The third kappa shape index (κ3) is 3.73. The lowest BCUT2D eigenvalue weighted by atomic mass is 10.1. The zero-order valence-corrected chi connectivity index (χ0v) is 15.3. The van der Waals surface area contributed by atoms with Gasteiger partial charge in [-0.2, -0.15) is 5.10 Å². The molecule has 0 saturated heterocycles. The fraction of sp³-hybridized carbons (Fsp3) is 0.421. The van der Waals surface area contributed by atoms with Gasteiger partial charge in [0.15, 0.2) is 11.5 Å². The number of rotatable bonds is 6. The Bertz CT molecular complexity index is 877. The topological polar surface area (TPSA) is 64.7 Å². The van der Waals surface area contributed by atoms with Crippen molar-refractivity contribution in [1.29, 1.82) is 0 Å². The molecule has 0 unspecified atom stereocenters. The number of carbonyl (C=O) groups is 1. The van der Waals surface area contributed by atoms with Gasteiger partial charge in [-0.05, 0) is 49.9 Å². The van der Waals surface area contributed by atoms with E-state index in [1.807, 2.05) is 42.1 Å². The molecule has 132 valence electrons. The smallest absolute Gasteiger partial charge is 0.241 e. The van der Waals surface area contributed by atoms with Crippen LogP contribution in [0.2, 0.25) is 0 Å². The molecule has 0 fully saturated rings. The highest BCUT2D eigenvalue weighted by atomic mass is 16.2. The molecule has 3 rings (SSSR count). The van der Waals surface area contributed by atoms with E-state index in [0.29, 0.717) is 12.5 Å². The number of aromatic nitrogens is 4. The van der Waals surface area contributed by atoms with E-state index < -0.39 is 0 Å². The molecular formula is C19H25N5O. The summed E-state index contributed by atoms with van der Waals surface area (Å²) < 4.78 is 3.66. The molecular weight excluding hydrogens is 314 g/mol. The predicted molar refractivity (Wildman–Crippen MR) is 98.8 cm³/mol. The van der Waals surface area contributed by atoms with Crippen molar-refractivity contribution in [3.8, 4) is 5.82 Å². The van der Waals surface area contributed by atoms with Gasteiger partial charge in [0.25, 0.3) is 0 Å². The minimum atomic E-state index is -0.0370. The van der Waals surface area contributed by atoms with E-state index in [0.717, 1.165) is 34.5 Å². The minimum Gasteiger partial charge on any atom is -0.354 e. The first-order chi connectivity index (χ1) is 12.0. The summed E-state index contributed by atoms with van der Waals surface area (Å²) in [7, 11) is 0. The van der Waals surface area contributed by atoms with Crippen molar-refractivity contribution in [3.63, 3.8) is 0 Å². The number of nitrogens with zero attached hydrogens (tertiary/aromatic N) is 4. The summed E-state index contributed by atoms with van der Waals surface area (Å²) in [4.78, 5) is 16.9. The first kappa shape index (κ1) is 17.2. The second-order valence-corrected chi connectivity index (χ2v) is 6.88. The monoisotopic (exact) mass is 339 g/mol. The maximum Gasteiger partial charge on any atom is 0.241 e. The van der Waals surface area contributed by atoms with Crippen LogP contribution in [-0.4, -0.2) is 31.8 Å². The Balaban J connectivity index is 1.94. The first-order valence-corrected chi connectivity index (χ1v) is 8.70. The van der Waals surface area contributed by atoms with Crippen LogP contribution in [0.3, 0.4) is 0 Å². The van der Waals surface area contributed by atoms with Crippen LogP contribution in [0, 0.1) is 19.8 Å². The molecule has 1 amide bonds. The van der Waals surface area contributed by atoms with Gasteiger partial charge in [0.1, 0.15) is 6.54 Å². The van der Waals surface area contributed by atoms with Gasteiger partial charge in [0.05, 0.1) is 5.39 Å². The van der Waals surface area contributed by atoms with Crippen LogP contribution in [0.1, 0.15) is 31.5 Å². The largest absolute Gasteiger partial charge is 0.354 e. The Labute approximate surface area is 147 Å². The molecule has 0 spiro atoms. The van der Waals surface area contributed by atoms with E-state index >= 15 is 0 Å². The predicted octanol–water partition coefficient (Wildman–Crippen LogP) is 3.00. The molecule has 1 N–H and O–H groups in total. The molecule has 0 saturated carbocycles. The van der Waals surface area contributed by atoms with Gasteiger partial charge in [0.2, 0.25) is 5.91 Å². The molecule has 0 aromatic carbocycles. The zero-order chi connectivity index (χ0) is 18.0. The maximum absolute atomic E-state index is 12.3. The maximum atomic E-state index is 12.3. The van der Waals surface area contributed by atoms with E-state index in [9.17, 15) is 4.79 Å². The van der Waals surface area contributed by atoms with Crippen molar-refractivity contribution in [1.82, 2.24) is 24.6 Å². The highest BCUT2D eigenvalue weighted by molar-refractivity contribution is 5.88. The van der Waals surface area contributed by atoms with Crippen LogP contribution in [0.15, 0.2) is 30.6 Å². The van der Waals surface area contributed by atoms with E-state index in [-0.39, 0.29) is 12.5 Å². The summed E-state index contributed by atoms with van der Waals surface area (Å²) >= 11 is 0. The van der Waals surface area contributed by atoms with Crippen molar-refractivity contribution in [2.45, 2.75) is 40.7 Å². The quantitative estimate of drug-likeness (QED) is 0.751. The first-order valence-electron chi connectivity index (χ1n) is 8.70. The van der Waals surface area contributed by atoms with Crippen LogP contribution >= 0.6 is 0 Å². The average molecular weight is 339 g/mol. The van der Waals surface area contributed by atoms with E-state index in [1.165, 1.54) is 0 Å². The van der Waals surface area contributed by atoms with Crippen LogP contribution in [0.4, 0.5) is 0 Å². The molecule has 6 heteroatoms. The molecule has 0 aliphatic heterocycles. The van der Waals surface area contributed by atoms with Crippen molar-refractivity contribution in [2.24, 2.45) is 5.92 Å². The van der Waals surface area contributed by atoms with Crippen LogP contribution in [0.5, 0.6) is 0 Å². The van der Waals surface area contributed by atoms with E-state index in [1.54, 1.807) is 4.68 Å². The third-order valence-electron chi connectivity index (χ3n) is 4.20. The van der Waals surface area contributed by atoms with Crippen molar-refractivity contribution < 1.29 is 4.79 Å². The highest BCUT2D eigenvalue weighted by Gasteiger charge is 2.17. The van der Waals surface area contributed by atoms with E-state index in [2.05, 4.69) is 36.2 Å². The lowest BCUT2D eigenvalue weighted by Gasteiger charge is -2.08. The molecule has 0 aliphatic carbocycles. The lowest BCUT2D eigenvalue weighted by Crippen LogP contribution is -2.29. The number of amides is 1. The Kier molecular flexibility index (Phi) is 4.88. The van der Waals surface area contributed by atoms with Gasteiger partial charge in [-0.1, -0.05) is 13.8 Å². The van der Waals surface area contributed by atoms with Gasteiger partial charge < -0.3 is 9.88 Å². The van der Waals surface area contributed by atoms with Crippen LogP contribution in [-0.2, 0) is 11.3 Å². The summed E-state index contributed by atoms with van der Waals surface area (Å²) in [6.07, 6.45) is 4.87. The Morgan fingerprint density at radius 1 is 1.24 bits per heavy atom. The van der Waals surface area contributed by atoms with Gasteiger partial charge in [0, 0.05) is 24.6 Å². The summed E-state index contributed by atoms with van der Waals surface area (Å²) in [5.74, 6) is 1.34. The molecule has 3 heterocycles. The molecule has 0 radical (unpaired) electrons. The number of pyridine rings is 1. The van der Waals surface area contributed by atoms with E-state index in [4.69, 9.17) is 0 Å². The number of hydrogen-bond acceptors (Lipinski definition) is 3. The van der Waals surface area contributed by atoms with Crippen LogP contribution in [0.25, 0.3) is 16.9 Å². The number of aryl methyl sites for hydroxylation is 2. The molecule has 0 atom stereocenters. The Morgan fingerprint density at radius 3 is 2.64 bits per heavy atom. The second kappa shape index (κ2) is 7.09. The Morgan fingerprint density at radius 2 is 1.96 bits per heavy atom. The summed E-state index contributed by atoms with van der Waals surface area (Å²) in [5, 5.41) is 8.62. The van der Waals surface area contributed by atoms with Gasteiger partial charge >= 0.3 is 0 Å². The number of fused-ring (bicyclic) bond motifs is 1. The lowest BCUT2D eigenvalue weighted by molar-refractivity contribution is -0.121. The molecule has 6 nitrogen and oxygen atoms in total.